The van der Waals surface area contributed by atoms with E-state index in [1.807, 2.05) is 0 Å². The summed E-state index contributed by atoms with van der Waals surface area (Å²) in [6.07, 6.45) is 1.45. The average Bonchev–Trinajstić information content (AvgIpc) is 2.69. The molecule has 1 heterocycles. The van der Waals surface area contributed by atoms with E-state index in [1.165, 1.54) is 12.3 Å². The number of nitrogens with two attached hydrogens (primary N) is 1. The SMILES string of the molecule is CC(CC(N)=NO)NS(=O)(=O)c1ccn[nH]1. The fourth-order valence-electron chi connectivity index (χ4n) is 1.12. The Hall–Kier alpha value is -1.61. The van der Waals surface area contributed by atoms with Crippen molar-refractivity contribution in [3.05, 3.63) is 12.3 Å². The Morgan fingerprint density at radius 2 is 2.50 bits per heavy atom. The molecule has 0 saturated carbocycles. The molecule has 0 aromatic carbocycles. The highest BCUT2D eigenvalue weighted by molar-refractivity contribution is 7.89. The van der Waals surface area contributed by atoms with Gasteiger partial charge in [0.25, 0.3) is 10.0 Å². The average molecular weight is 247 g/mol. The first kappa shape index (κ1) is 12.5. The Morgan fingerprint density at radius 1 is 1.81 bits per heavy atom. The van der Waals surface area contributed by atoms with Gasteiger partial charge in [0.1, 0.15) is 5.84 Å². The van der Waals surface area contributed by atoms with Crippen LogP contribution in [0.5, 0.6) is 0 Å². The maximum atomic E-state index is 11.6. The van der Waals surface area contributed by atoms with Crippen molar-refractivity contribution >= 4 is 15.9 Å². The minimum atomic E-state index is -3.63. The van der Waals surface area contributed by atoms with E-state index in [1.54, 1.807) is 6.92 Å². The third-order valence-electron chi connectivity index (χ3n) is 1.76. The third-order valence-corrected chi connectivity index (χ3v) is 3.28. The van der Waals surface area contributed by atoms with Gasteiger partial charge in [-0.1, -0.05) is 5.16 Å². The van der Waals surface area contributed by atoms with Crippen LogP contribution in [0.15, 0.2) is 22.4 Å². The Bertz CT molecular complexity index is 452. The van der Waals surface area contributed by atoms with Crippen LogP contribution in [0.25, 0.3) is 0 Å². The molecule has 1 atom stereocenters. The molecular weight excluding hydrogens is 234 g/mol. The van der Waals surface area contributed by atoms with E-state index in [0.29, 0.717) is 0 Å². The number of aromatic amines is 1. The number of hydrogen-bond donors (Lipinski definition) is 4. The summed E-state index contributed by atoms with van der Waals surface area (Å²) < 4.78 is 25.6. The zero-order valence-corrected chi connectivity index (χ0v) is 9.40. The number of aromatic nitrogens is 2. The van der Waals surface area contributed by atoms with Crippen molar-refractivity contribution in [2.75, 3.05) is 0 Å². The molecule has 0 aliphatic heterocycles. The van der Waals surface area contributed by atoms with Crippen molar-refractivity contribution in [3.63, 3.8) is 0 Å². The topological polar surface area (TPSA) is 133 Å². The lowest BCUT2D eigenvalue weighted by Gasteiger charge is -2.11. The highest BCUT2D eigenvalue weighted by Crippen LogP contribution is 2.04. The molecule has 0 bridgehead atoms. The van der Waals surface area contributed by atoms with E-state index in [0.717, 1.165) is 0 Å². The van der Waals surface area contributed by atoms with Crippen molar-refractivity contribution in [2.24, 2.45) is 10.9 Å². The molecule has 0 fully saturated rings. The van der Waals surface area contributed by atoms with E-state index < -0.39 is 16.1 Å². The maximum Gasteiger partial charge on any atom is 0.257 e. The van der Waals surface area contributed by atoms with Gasteiger partial charge in [0.05, 0.1) is 6.20 Å². The van der Waals surface area contributed by atoms with Gasteiger partial charge in [-0.3, -0.25) is 5.10 Å². The van der Waals surface area contributed by atoms with E-state index in [9.17, 15) is 8.42 Å². The van der Waals surface area contributed by atoms with Crippen LogP contribution in [0.3, 0.4) is 0 Å². The summed E-state index contributed by atoms with van der Waals surface area (Å²) in [4.78, 5) is 0. The number of sulfonamides is 1. The highest BCUT2D eigenvalue weighted by Gasteiger charge is 2.19. The summed E-state index contributed by atoms with van der Waals surface area (Å²) in [6, 6.07) is 0.850. The maximum absolute atomic E-state index is 11.6. The Morgan fingerprint density at radius 3 is 3.00 bits per heavy atom. The number of H-pyrrole nitrogens is 1. The van der Waals surface area contributed by atoms with E-state index in [2.05, 4.69) is 20.1 Å². The van der Waals surface area contributed by atoms with E-state index >= 15 is 0 Å². The minimum absolute atomic E-state index is 0.0288. The summed E-state index contributed by atoms with van der Waals surface area (Å²) in [5, 5.41) is 16.9. The molecule has 16 heavy (non-hydrogen) atoms. The van der Waals surface area contributed by atoms with Crippen molar-refractivity contribution < 1.29 is 13.6 Å². The number of nitrogens with zero attached hydrogens (tertiary/aromatic N) is 2. The van der Waals surface area contributed by atoms with Crippen LogP contribution in [-0.2, 0) is 10.0 Å². The highest BCUT2D eigenvalue weighted by atomic mass is 32.2. The Kier molecular flexibility index (Phi) is 3.85. The van der Waals surface area contributed by atoms with Gasteiger partial charge in [0.2, 0.25) is 0 Å². The lowest BCUT2D eigenvalue weighted by atomic mass is 10.2. The van der Waals surface area contributed by atoms with Crippen LogP contribution < -0.4 is 10.5 Å². The molecule has 1 aromatic rings. The summed E-state index contributed by atoms with van der Waals surface area (Å²) >= 11 is 0. The minimum Gasteiger partial charge on any atom is -0.409 e. The normalized spacial score (nSPS) is 14.9. The first-order valence-electron chi connectivity index (χ1n) is 4.44. The van der Waals surface area contributed by atoms with Crippen molar-refractivity contribution in [1.82, 2.24) is 14.9 Å². The molecule has 1 aromatic heterocycles. The summed E-state index contributed by atoms with van der Waals surface area (Å²) in [6.45, 7) is 1.60. The Labute approximate surface area is 92.6 Å². The van der Waals surface area contributed by atoms with Crippen LogP contribution in [0.2, 0.25) is 0 Å². The van der Waals surface area contributed by atoms with Crippen molar-refractivity contribution in [2.45, 2.75) is 24.4 Å². The second-order valence-corrected chi connectivity index (χ2v) is 4.92. The van der Waals surface area contributed by atoms with Gasteiger partial charge < -0.3 is 10.9 Å². The molecule has 0 saturated heterocycles. The number of hydrogen-bond acceptors (Lipinski definition) is 5. The third kappa shape index (κ3) is 3.21. The number of nitrogens with one attached hydrogen (secondary N) is 2. The number of amidine groups is 1. The first-order chi connectivity index (χ1) is 7.45. The molecule has 1 unspecified atom stereocenters. The van der Waals surface area contributed by atoms with Crippen LogP contribution in [0.4, 0.5) is 0 Å². The fraction of sp³-hybridized carbons (Fsp3) is 0.429. The lowest BCUT2D eigenvalue weighted by molar-refractivity contribution is 0.316. The smallest absolute Gasteiger partial charge is 0.257 e. The van der Waals surface area contributed by atoms with E-state index in [4.69, 9.17) is 10.9 Å². The van der Waals surface area contributed by atoms with Crippen LogP contribution in [0, 0.1) is 0 Å². The molecule has 1 rings (SSSR count). The van der Waals surface area contributed by atoms with Crippen LogP contribution >= 0.6 is 0 Å². The molecule has 9 heteroatoms. The predicted octanol–water partition coefficient (Wildman–Crippen LogP) is -0.787. The van der Waals surface area contributed by atoms with Crippen molar-refractivity contribution in [3.8, 4) is 0 Å². The predicted molar refractivity (Wildman–Crippen MR) is 56.4 cm³/mol. The quantitative estimate of drug-likeness (QED) is 0.234. The fourth-order valence-corrected chi connectivity index (χ4v) is 2.27. The molecule has 0 amide bonds. The van der Waals surface area contributed by atoms with Gasteiger partial charge >= 0.3 is 0 Å². The monoisotopic (exact) mass is 247 g/mol. The van der Waals surface area contributed by atoms with Crippen LogP contribution in [-0.4, -0.2) is 35.7 Å². The molecule has 0 aliphatic carbocycles. The molecule has 0 spiro atoms. The largest absolute Gasteiger partial charge is 0.409 e. The van der Waals surface area contributed by atoms with Gasteiger partial charge in [-0.15, -0.1) is 0 Å². The van der Waals surface area contributed by atoms with Gasteiger partial charge in [0, 0.05) is 12.5 Å². The lowest BCUT2D eigenvalue weighted by Crippen LogP contribution is -2.35. The number of oxime groups is 1. The van der Waals surface area contributed by atoms with Gasteiger partial charge in [-0.2, -0.15) is 5.10 Å². The molecule has 0 radical (unpaired) electrons. The van der Waals surface area contributed by atoms with Crippen LogP contribution in [0.1, 0.15) is 13.3 Å². The van der Waals surface area contributed by atoms with Gasteiger partial charge in [0.15, 0.2) is 5.03 Å². The number of rotatable bonds is 5. The zero-order valence-electron chi connectivity index (χ0n) is 8.58. The summed E-state index contributed by atoms with van der Waals surface area (Å²) in [5.41, 5.74) is 5.26. The molecule has 5 N–H and O–H groups in total. The van der Waals surface area contributed by atoms with Gasteiger partial charge in [-0.25, -0.2) is 13.1 Å². The molecule has 0 aliphatic rings. The molecular formula is C7H13N5O3S. The second kappa shape index (κ2) is 4.94. The zero-order chi connectivity index (χ0) is 12.2. The summed E-state index contributed by atoms with van der Waals surface area (Å²) in [5.74, 6) is -0.0418. The molecule has 8 nitrogen and oxygen atoms in total. The first-order valence-corrected chi connectivity index (χ1v) is 5.92. The second-order valence-electron chi connectivity index (χ2n) is 3.24. The standard InChI is InChI=1S/C7H13N5O3S/c1-5(4-6(8)11-13)12-16(14,15)7-2-3-9-10-7/h2-3,5,12-13H,4H2,1H3,(H2,8,11)(H,9,10). The summed E-state index contributed by atoms with van der Waals surface area (Å²) in [7, 11) is -3.63. The molecule has 90 valence electrons. The van der Waals surface area contributed by atoms with E-state index in [-0.39, 0.29) is 17.3 Å². The van der Waals surface area contributed by atoms with Gasteiger partial charge in [-0.05, 0) is 13.0 Å². The Balaban J connectivity index is 2.67. The van der Waals surface area contributed by atoms with Crippen molar-refractivity contribution in [1.29, 1.82) is 0 Å².